The van der Waals surface area contributed by atoms with E-state index in [-0.39, 0.29) is 5.91 Å². The van der Waals surface area contributed by atoms with Crippen LogP contribution in [0.3, 0.4) is 0 Å². The molecule has 2 N–H and O–H groups in total. The van der Waals surface area contributed by atoms with Crippen molar-refractivity contribution in [2.24, 2.45) is 0 Å². The lowest BCUT2D eigenvalue weighted by Gasteiger charge is -2.33. The number of hydrogen-bond acceptors (Lipinski definition) is 2. The average Bonchev–Trinajstić information content (AvgIpc) is 2.89. The van der Waals surface area contributed by atoms with Gasteiger partial charge in [-0.25, -0.2) is 0 Å². The highest BCUT2D eigenvalue weighted by Crippen LogP contribution is 2.41. The zero-order valence-corrected chi connectivity index (χ0v) is 22.2. The van der Waals surface area contributed by atoms with Crippen molar-refractivity contribution in [2.75, 3.05) is 5.32 Å². The van der Waals surface area contributed by atoms with Crippen molar-refractivity contribution in [1.29, 1.82) is 0 Å². The van der Waals surface area contributed by atoms with E-state index in [0.29, 0.717) is 11.8 Å². The van der Waals surface area contributed by atoms with E-state index < -0.39 is 7.92 Å². The van der Waals surface area contributed by atoms with Gasteiger partial charge < -0.3 is 5.32 Å². The summed E-state index contributed by atoms with van der Waals surface area (Å²) in [5.74, 6) is 0.934. The first-order chi connectivity index (χ1) is 17.0. The molecular formula is C32H37N2P. The van der Waals surface area contributed by atoms with E-state index in [9.17, 15) is 0 Å². The third-order valence-corrected chi connectivity index (χ3v) is 8.86. The zero-order chi connectivity index (χ0) is 24.6. The van der Waals surface area contributed by atoms with Gasteiger partial charge in [0.05, 0.1) is 0 Å². The number of rotatable bonds is 10. The number of benzene rings is 4. The Morgan fingerprint density at radius 3 is 1.49 bits per heavy atom. The van der Waals surface area contributed by atoms with E-state index in [0.717, 1.165) is 6.54 Å². The Balaban J connectivity index is 1.81. The Morgan fingerprint density at radius 2 is 1.03 bits per heavy atom. The summed E-state index contributed by atoms with van der Waals surface area (Å²) in [7, 11) is -0.720. The van der Waals surface area contributed by atoms with Crippen LogP contribution in [0.2, 0.25) is 0 Å². The molecular weight excluding hydrogens is 443 g/mol. The maximum absolute atomic E-state index is 4.06. The van der Waals surface area contributed by atoms with Crippen LogP contribution in [0, 0.1) is 0 Å². The molecule has 0 bridgehead atoms. The molecule has 0 aromatic heterocycles. The van der Waals surface area contributed by atoms with Gasteiger partial charge in [-0.2, -0.15) is 0 Å². The van der Waals surface area contributed by atoms with Crippen molar-refractivity contribution < 1.29 is 0 Å². The lowest BCUT2D eigenvalue weighted by molar-refractivity contribution is 0.687. The van der Waals surface area contributed by atoms with Crippen molar-refractivity contribution >= 4 is 24.2 Å². The zero-order valence-electron chi connectivity index (χ0n) is 21.3. The molecule has 0 aliphatic heterocycles. The van der Waals surface area contributed by atoms with Gasteiger partial charge in [-0.1, -0.05) is 137 Å². The summed E-state index contributed by atoms with van der Waals surface area (Å²) >= 11 is 0. The largest absolute Gasteiger partial charge is 0.365 e. The number of hydrogen-bond donors (Lipinski definition) is 2. The molecule has 1 atom stereocenters. The summed E-state index contributed by atoms with van der Waals surface area (Å²) in [6.45, 7) is 9.95. The normalized spacial score (nSPS) is 12.3. The van der Waals surface area contributed by atoms with Gasteiger partial charge in [0.25, 0.3) is 0 Å². The molecule has 3 heteroatoms. The van der Waals surface area contributed by atoms with Gasteiger partial charge in [0, 0.05) is 12.2 Å². The predicted octanol–water partition coefficient (Wildman–Crippen LogP) is 7.55. The molecule has 2 nitrogen and oxygen atoms in total. The summed E-state index contributed by atoms with van der Waals surface area (Å²) < 4.78 is 0. The lowest BCUT2D eigenvalue weighted by Crippen LogP contribution is -2.40. The molecule has 0 saturated carbocycles. The Bertz CT molecular complexity index is 1110. The molecule has 0 aliphatic rings. The first kappa shape index (κ1) is 25.2. The minimum absolute atomic E-state index is 0.0624. The van der Waals surface area contributed by atoms with Crippen LogP contribution in [0.1, 0.15) is 56.2 Å². The van der Waals surface area contributed by atoms with E-state index in [1.165, 1.54) is 33.0 Å². The Kier molecular flexibility index (Phi) is 8.74. The minimum Gasteiger partial charge on any atom is -0.365 e. The van der Waals surface area contributed by atoms with E-state index in [1.807, 2.05) is 0 Å². The van der Waals surface area contributed by atoms with Crippen LogP contribution >= 0.6 is 7.92 Å². The Morgan fingerprint density at radius 1 is 0.571 bits per heavy atom. The summed E-state index contributed by atoms with van der Waals surface area (Å²) in [5, 5.41) is 10.7. The Hall–Kier alpha value is -2.93. The summed E-state index contributed by atoms with van der Waals surface area (Å²) in [6, 6.07) is 39.4. The van der Waals surface area contributed by atoms with Gasteiger partial charge in [0.1, 0.15) is 5.91 Å². The summed E-state index contributed by atoms with van der Waals surface area (Å²) in [6.07, 6.45) is 0. The molecule has 0 saturated heterocycles. The van der Waals surface area contributed by atoms with Gasteiger partial charge in [0.15, 0.2) is 0 Å². The molecule has 4 aromatic rings. The van der Waals surface area contributed by atoms with Crippen molar-refractivity contribution in [1.82, 2.24) is 5.32 Å². The topological polar surface area (TPSA) is 24.1 Å². The molecule has 0 amide bonds. The van der Waals surface area contributed by atoms with Crippen LogP contribution in [0.5, 0.6) is 0 Å². The van der Waals surface area contributed by atoms with Crippen molar-refractivity contribution in [3.8, 4) is 0 Å². The second kappa shape index (κ2) is 12.2. The van der Waals surface area contributed by atoms with Crippen LogP contribution < -0.4 is 21.2 Å². The third-order valence-electron chi connectivity index (χ3n) is 6.32. The fraction of sp³-hybridized carbons (Fsp3) is 0.250. The molecule has 0 spiro atoms. The molecule has 35 heavy (non-hydrogen) atoms. The van der Waals surface area contributed by atoms with Crippen molar-refractivity contribution in [3.05, 3.63) is 126 Å². The van der Waals surface area contributed by atoms with Crippen LogP contribution in [0.4, 0.5) is 5.69 Å². The first-order valence-electron chi connectivity index (χ1n) is 12.6. The molecule has 0 radical (unpaired) electrons. The molecule has 180 valence electrons. The highest BCUT2D eigenvalue weighted by Gasteiger charge is 2.26. The standard InChI is InChI=1S/C32H37N2P/c1-24(2)29-21-14-22-30(25(3)4)31(29)34-32(33-23-26-15-8-5-9-16-26)35(27-17-10-6-11-18-27)28-19-12-7-13-20-28/h5-22,24-25,32-34H,23H2,1-4H3. The molecule has 0 fully saturated rings. The fourth-order valence-electron chi connectivity index (χ4n) is 4.50. The van der Waals surface area contributed by atoms with Gasteiger partial charge in [-0.05, 0) is 47.1 Å². The maximum Gasteiger partial charge on any atom is 0.105 e. The summed E-state index contributed by atoms with van der Waals surface area (Å²) in [5.41, 5.74) is 5.32. The average molecular weight is 481 g/mol. The Labute approximate surface area is 212 Å². The molecule has 4 aromatic carbocycles. The van der Waals surface area contributed by atoms with Gasteiger partial charge >= 0.3 is 0 Å². The van der Waals surface area contributed by atoms with Crippen molar-refractivity contribution in [2.45, 2.75) is 52.0 Å². The number of nitrogens with one attached hydrogen (secondary N) is 2. The highest BCUT2D eigenvalue weighted by molar-refractivity contribution is 7.73. The molecule has 1 unspecified atom stereocenters. The molecule has 0 aliphatic carbocycles. The first-order valence-corrected chi connectivity index (χ1v) is 14.0. The third kappa shape index (κ3) is 6.40. The number of para-hydroxylation sites is 1. The number of anilines is 1. The smallest absolute Gasteiger partial charge is 0.105 e. The van der Waals surface area contributed by atoms with Crippen LogP contribution in [0.15, 0.2) is 109 Å². The van der Waals surface area contributed by atoms with E-state index in [4.69, 9.17) is 0 Å². The molecule has 0 heterocycles. The van der Waals surface area contributed by atoms with E-state index in [1.54, 1.807) is 0 Å². The predicted molar refractivity (Wildman–Crippen MR) is 154 cm³/mol. The fourth-order valence-corrected chi connectivity index (χ4v) is 6.91. The second-order valence-corrected chi connectivity index (χ2v) is 11.9. The van der Waals surface area contributed by atoms with Gasteiger partial charge in [-0.3, -0.25) is 5.32 Å². The second-order valence-electron chi connectivity index (χ2n) is 9.58. The highest BCUT2D eigenvalue weighted by atomic mass is 31.1. The van der Waals surface area contributed by atoms with Crippen LogP contribution in [-0.2, 0) is 6.54 Å². The minimum atomic E-state index is -0.720. The van der Waals surface area contributed by atoms with E-state index >= 15 is 0 Å². The van der Waals surface area contributed by atoms with Crippen LogP contribution in [0.25, 0.3) is 0 Å². The monoisotopic (exact) mass is 480 g/mol. The SMILES string of the molecule is CC(C)c1cccc(C(C)C)c1NC(NCc1ccccc1)P(c1ccccc1)c1ccccc1. The van der Waals surface area contributed by atoms with Crippen LogP contribution in [-0.4, -0.2) is 5.91 Å². The quantitative estimate of drug-likeness (QED) is 0.181. The lowest BCUT2D eigenvalue weighted by atomic mass is 9.93. The summed E-state index contributed by atoms with van der Waals surface area (Å²) in [4.78, 5) is 0. The van der Waals surface area contributed by atoms with Gasteiger partial charge in [-0.15, -0.1) is 0 Å². The van der Waals surface area contributed by atoms with Gasteiger partial charge in [0.2, 0.25) is 0 Å². The van der Waals surface area contributed by atoms with E-state index in [2.05, 4.69) is 148 Å². The maximum atomic E-state index is 4.06. The molecule has 4 rings (SSSR count). The van der Waals surface area contributed by atoms with Crippen molar-refractivity contribution in [3.63, 3.8) is 0 Å².